The molecule has 0 aromatic heterocycles. The van der Waals surface area contributed by atoms with Gasteiger partial charge in [0.05, 0.1) is 13.2 Å². The minimum absolute atomic E-state index is 0.697. The van der Waals surface area contributed by atoms with Crippen LogP contribution in [0.4, 0.5) is 0 Å². The van der Waals surface area contributed by atoms with Crippen LogP contribution in [0.3, 0.4) is 0 Å². The van der Waals surface area contributed by atoms with Crippen molar-refractivity contribution < 1.29 is 9.47 Å². The Morgan fingerprint density at radius 2 is 1.67 bits per heavy atom. The average Bonchev–Trinajstić information content (AvgIpc) is 2.35. The molecule has 5 heteroatoms. The quantitative estimate of drug-likeness (QED) is 0.352. The second-order valence-electron chi connectivity index (χ2n) is 4.42. The van der Waals surface area contributed by atoms with E-state index in [1.807, 2.05) is 6.92 Å². The summed E-state index contributed by atoms with van der Waals surface area (Å²) < 4.78 is 10.8. The van der Waals surface area contributed by atoms with Gasteiger partial charge < -0.3 is 20.1 Å². The van der Waals surface area contributed by atoms with Gasteiger partial charge in [-0.05, 0) is 19.3 Å². The van der Waals surface area contributed by atoms with E-state index in [2.05, 4.69) is 29.5 Å². The van der Waals surface area contributed by atoms with Crippen LogP contribution in [0.1, 0.15) is 27.2 Å². The zero-order chi connectivity index (χ0) is 13.6. The highest BCUT2D eigenvalue weighted by molar-refractivity contribution is 5.79. The van der Waals surface area contributed by atoms with Gasteiger partial charge in [0, 0.05) is 33.4 Å². The predicted molar refractivity (Wildman–Crippen MR) is 76.1 cm³/mol. The molecule has 0 amide bonds. The molecule has 0 aliphatic heterocycles. The summed E-state index contributed by atoms with van der Waals surface area (Å²) in [4.78, 5) is 4.12. The van der Waals surface area contributed by atoms with Crippen molar-refractivity contribution in [3.63, 3.8) is 0 Å². The van der Waals surface area contributed by atoms with E-state index >= 15 is 0 Å². The molecule has 2 N–H and O–H groups in total. The molecule has 0 spiro atoms. The molecule has 18 heavy (non-hydrogen) atoms. The number of ether oxygens (including phenoxy) is 2. The van der Waals surface area contributed by atoms with Crippen LogP contribution in [-0.2, 0) is 9.47 Å². The van der Waals surface area contributed by atoms with E-state index in [-0.39, 0.29) is 0 Å². The Kier molecular flexibility index (Phi) is 12.1. The largest absolute Gasteiger partial charge is 0.380 e. The van der Waals surface area contributed by atoms with Crippen LogP contribution in [0.15, 0.2) is 4.99 Å². The second-order valence-corrected chi connectivity index (χ2v) is 4.42. The van der Waals surface area contributed by atoms with Crippen LogP contribution in [0.2, 0.25) is 0 Å². The van der Waals surface area contributed by atoms with Crippen LogP contribution in [0, 0.1) is 5.92 Å². The molecule has 0 saturated carbocycles. The Balaban J connectivity index is 3.39. The normalized spacial score (nSPS) is 11.9. The first kappa shape index (κ1) is 17.2. The molecule has 0 fully saturated rings. The maximum atomic E-state index is 5.51. The Hall–Kier alpha value is -0.810. The maximum Gasteiger partial charge on any atom is 0.191 e. The van der Waals surface area contributed by atoms with E-state index in [1.165, 1.54) is 0 Å². The van der Waals surface area contributed by atoms with Gasteiger partial charge in [0.25, 0.3) is 0 Å². The van der Waals surface area contributed by atoms with Gasteiger partial charge in [0.1, 0.15) is 0 Å². The van der Waals surface area contributed by atoms with Crippen molar-refractivity contribution in [2.45, 2.75) is 27.2 Å². The zero-order valence-electron chi connectivity index (χ0n) is 12.3. The highest BCUT2D eigenvalue weighted by atomic mass is 16.5. The number of hydrogen-bond donors (Lipinski definition) is 2. The second kappa shape index (κ2) is 12.6. The lowest BCUT2D eigenvalue weighted by molar-refractivity contribution is 0.128. The summed E-state index contributed by atoms with van der Waals surface area (Å²) in [5.41, 5.74) is 0. The number of nitrogens with one attached hydrogen (secondary N) is 2. The van der Waals surface area contributed by atoms with Gasteiger partial charge in [0.2, 0.25) is 0 Å². The molecule has 0 radical (unpaired) electrons. The smallest absolute Gasteiger partial charge is 0.191 e. The SMILES string of the molecule is CCOCCNC(=NC)NCCOCCC(C)C. The fourth-order valence-electron chi connectivity index (χ4n) is 1.27. The molecular formula is C13H29N3O2. The van der Waals surface area contributed by atoms with Crippen LogP contribution in [-0.4, -0.2) is 52.5 Å². The molecule has 0 unspecified atom stereocenters. The molecule has 5 nitrogen and oxygen atoms in total. The Morgan fingerprint density at radius 3 is 2.17 bits per heavy atom. The topological polar surface area (TPSA) is 54.9 Å². The van der Waals surface area contributed by atoms with E-state index in [9.17, 15) is 0 Å². The first-order valence-corrected chi connectivity index (χ1v) is 6.80. The fraction of sp³-hybridized carbons (Fsp3) is 0.923. The molecule has 0 atom stereocenters. The van der Waals surface area contributed by atoms with Gasteiger partial charge in [-0.1, -0.05) is 13.8 Å². The highest BCUT2D eigenvalue weighted by Crippen LogP contribution is 1.98. The third-order valence-electron chi connectivity index (χ3n) is 2.34. The highest BCUT2D eigenvalue weighted by Gasteiger charge is 1.97. The van der Waals surface area contributed by atoms with Gasteiger partial charge >= 0.3 is 0 Å². The van der Waals surface area contributed by atoms with Gasteiger partial charge in [-0.2, -0.15) is 0 Å². The van der Waals surface area contributed by atoms with Crippen molar-refractivity contribution >= 4 is 5.96 Å². The lowest BCUT2D eigenvalue weighted by atomic mass is 10.1. The molecular weight excluding hydrogens is 230 g/mol. The number of aliphatic imine (C=N–C) groups is 1. The number of rotatable bonds is 10. The standard InChI is InChI=1S/C13H29N3O2/c1-5-17-10-7-15-13(14-4)16-8-11-18-9-6-12(2)3/h12H,5-11H2,1-4H3,(H2,14,15,16). The van der Waals surface area contributed by atoms with Gasteiger partial charge in [0.15, 0.2) is 5.96 Å². The average molecular weight is 259 g/mol. The maximum absolute atomic E-state index is 5.51. The monoisotopic (exact) mass is 259 g/mol. The minimum atomic E-state index is 0.697. The molecule has 0 rings (SSSR count). The van der Waals surface area contributed by atoms with Crippen LogP contribution >= 0.6 is 0 Å². The van der Waals surface area contributed by atoms with Gasteiger partial charge in [-0.3, -0.25) is 4.99 Å². The zero-order valence-corrected chi connectivity index (χ0v) is 12.3. The fourth-order valence-corrected chi connectivity index (χ4v) is 1.27. The third-order valence-corrected chi connectivity index (χ3v) is 2.34. The Labute approximate surface area is 111 Å². The molecule has 108 valence electrons. The van der Waals surface area contributed by atoms with Crippen molar-refractivity contribution in [2.24, 2.45) is 10.9 Å². The van der Waals surface area contributed by atoms with E-state index in [0.717, 1.165) is 38.7 Å². The van der Waals surface area contributed by atoms with Crippen molar-refractivity contribution in [3.05, 3.63) is 0 Å². The summed E-state index contributed by atoms with van der Waals surface area (Å²) in [6, 6.07) is 0. The molecule has 0 aromatic carbocycles. The Morgan fingerprint density at radius 1 is 1.06 bits per heavy atom. The Bertz CT molecular complexity index is 208. The van der Waals surface area contributed by atoms with Gasteiger partial charge in [-0.15, -0.1) is 0 Å². The summed E-state index contributed by atoms with van der Waals surface area (Å²) in [7, 11) is 1.76. The lowest BCUT2D eigenvalue weighted by Crippen LogP contribution is -2.40. The molecule has 0 aliphatic carbocycles. The molecule has 0 saturated heterocycles. The summed E-state index contributed by atoms with van der Waals surface area (Å²) in [5, 5.41) is 6.36. The van der Waals surface area contributed by atoms with Crippen molar-refractivity contribution in [1.82, 2.24) is 10.6 Å². The minimum Gasteiger partial charge on any atom is -0.380 e. The third kappa shape index (κ3) is 11.7. The molecule has 0 aliphatic rings. The lowest BCUT2D eigenvalue weighted by Gasteiger charge is -2.12. The number of guanidine groups is 1. The van der Waals surface area contributed by atoms with Crippen LogP contribution < -0.4 is 10.6 Å². The molecule has 0 bridgehead atoms. The summed E-state index contributed by atoms with van der Waals surface area (Å²) in [6.07, 6.45) is 1.11. The first-order chi connectivity index (χ1) is 8.70. The predicted octanol–water partition coefficient (Wildman–Crippen LogP) is 1.25. The van der Waals surface area contributed by atoms with E-state index < -0.39 is 0 Å². The van der Waals surface area contributed by atoms with Crippen molar-refractivity contribution in [2.75, 3.05) is 46.6 Å². The number of hydrogen-bond acceptors (Lipinski definition) is 3. The molecule has 0 heterocycles. The van der Waals surface area contributed by atoms with E-state index in [4.69, 9.17) is 9.47 Å². The van der Waals surface area contributed by atoms with E-state index in [0.29, 0.717) is 19.1 Å². The summed E-state index contributed by atoms with van der Waals surface area (Å²) in [5.74, 6) is 1.49. The van der Waals surface area contributed by atoms with Crippen molar-refractivity contribution in [1.29, 1.82) is 0 Å². The van der Waals surface area contributed by atoms with E-state index in [1.54, 1.807) is 7.05 Å². The molecule has 0 aromatic rings. The number of nitrogens with zero attached hydrogens (tertiary/aromatic N) is 1. The van der Waals surface area contributed by atoms with Crippen molar-refractivity contribution in [3.8, 4) is 0 Å². The first-order valence-electron chi connectivity index (χ1n) is 6.80. The van der Waals surface area contributed by atoms with Gasteiger partial charge in [-0.25, -0.2) is 0 Å². The van der Waals surface area contributed by atoms with Crippen LogP contribution in [0.5, 0.6) is 0 Å². The van der Waals surface area contributed by atoms with Crippen LogP contribution in [0.25, 0.3) is 0 Å². The summed E-state index contributed by atoms with van der Waals surface area (Å²) >= 11 is 0. The summed E-state index contributed by atoms with van der Waals surface area (Å²) in [6.45, 7) is 10.9.